The zero-order valence-electron chi connectivity index (χ0n) is 22.6. The summed E-state index contributed by atoms with van der Waals surface area (Å²) in [5, 5.41) is 4.70. The van der Waals surface area contributed by atoms with E-state index in [0.29, 0.717) is 24.0 Å². The van der Waals surface area contributed by atoms with Crippen molar-refractivity contribution in [2.75, 3.05) is 32.7 Å². The summed E-state index contributed by atoms with van der Waals surface area (Å²) in [6, 6.07) is 7.84. The van der Waals surface area contributed by atoms with Crippen LogP contribution in [-0.4, -0.2) is 60.1 Å². The molecule has 5 rings (SSSR count). The summed E-state index contributed by atoms with van der Waals surface area (Å²) >= 11 is 0. The number of piperidine rings is 2. The Kier molecular flexibility index (Phi) is 6.71. The maximum Gasteiger partial charge on any atom is 0.243 e. The lowest BCUT2D eigenvalue weighted by Crippen LogP contribution is -2.54. The molecule has 3 aliphatic rings. The van der Waals surface area contributed by atoms with Gasteiger partial charge in [-0.3, -0.25) is 4.68 Å². The third-order valence-electron chi connectivity index (χ3n) is 8.37. The molecule has 1 aromatic heterocycles. The van der Waals surface area contributed by atoms with Crippen molar-refractivity contribution in [3.05, 3.63) is 52.9 Å². The van der Waals surface area contributed by atoms with Crippen molar-refractivity contribution < 1.29 is 8.42 Å². The number of nitrogens with zero attached hydrogens (tertiary/aromatic N) is 4. The molecule has 2 fully saturated rings. The second-order valence-corrected chi connectivity index (χ2v) is 14.4. The molecular formula is C29H42N4O2S. The van der Waals surface area contributed by atoms with Crippen LogP contribution in [0.5, 0.6) is 0 Å². The summed E-state index contributed by atoms with van der Waals surface area (Å²) in [4.78, 5) is 2.98. The molecular weight excluding hydrogens is 468 g/mol. The first kappa shape index (κ1) is 25.7. The fraction of sp³-hybridized carbons (Fsp3) is 0.621. The summed E-state index contributed by atoms with van der Waals surface area (Å²) in [5.74, 6) is 0. The Hall–Kier alpha value is -1.96. The van der Waals surface area contributed by atoms with E-state index < -0.39 is 10.0 Å². The van der Waals surface area contributed by atoms with Crippen LogP contribution in [0.15, 0.2) is 40.9 Å². The first-order valence-electron chi connectivity index (χ1n) is 13.6. The number of likely N-dealkylation sites (tertiary alicyclic amines) is 1. The van der Waals surface area contributed by atoms with Crippen LogP contribution in [0.2, 0.25) is 0 Å². The first-order chi connectivity index (χ1) is 17.0. The third kappa shape index (κ3) is 4.70. The van der Waals surface area contributed by atoms with Gasteiger partial charge >= 0.3 is 0 Å². The van der Waals surface area contributed by atoms with Gasteiger partial charge in [-0.05, 0) is 87.4 Å². The predicted octanol–water partition coefficient (Wildman–Crippen LogP) is 5.27. The molecule has 2 aliphatic heterocycles. The molecule has 1 aromatic carbocycles. The molecule has 0 spiro atoms. The maximum absolute atomic E-state index is 13.9. The minimum absolute atomic E-state index is 0.00809. The van der Waals surface area contributed by atoms with E-state index in [1.54, 1.807) is 16.4 Å². The van der Waals surface area contributed by atoms with E-state index in [2.05, 4.69) is 50.3 Å². The number of aromatic nitrogens is 2. The van der Waals surface area contributed by atoms with Crippen molar-refractivity contribution >= 4 is 16.1 Å². The summed E-state index contributed by atoms with van der Waals surface area (Å²) in [5.41, 5.74) is 4.80. The van der Waals surface area contributed by atoms with Crippen molar-refractivity contribution in [1.29, 1.82) is 0 Å². The quantitative estimate of drug-likeness (QED) is 0.550. The van der Waals surface area contributed by atoms with Gasteiger partial charge in [-0.1, -0.05) is 44.9 Å². The zero-order valence-corrected chi connectivity index (χ0v) is 23.4. The average molecular weight is 511 g/mol. The minimum Gasteiger partial charge on any atom is -0.302 e. The van der Waals surface area contributed by atoms with E-state index in [4.69, 9.17) is 5.10 Å². The second kappa shape index (κ2) is 9.41. The molecule has 196 valence electrons. The largest absolute Gasteiger partial charge is 0.302 e. The lowest BCUT2D eigenvalue weighted by Gasteiger charge is -2.48. The van der Waals surface area contributed by atoms with Gasteiger partial charge in [-0.2, -0.15) is 9.40 Å². The molecule has 3 heterocycles. The Morgan fingerprint density at radius 1 is 1.03 bits per heavy atom. The zero-order chi connectivity index (χ0) is 25.7. The monoisotopic (exact) mass is 510 g/mol. The molecule has 0 saturated carbocycles. The fourth-order valence-corrected chi connectivity index (χ4v) is 7.83. The van der Waals surface area contributed by atoms with Crippen LogP contribution in [0.25, 0.3) is 6.08 Å². The maximum atomic E-state index is 13.9. The topological polar surface area (TPSA) is 58.4 Å². The number of sulfonamides is 1. The Bertz CT molecular complexity index is 1230. The first-order valence-corrected chi connectivity index (χ1v) is 15.0. The van der Waals surface area contributed by atoms with E-state index in [-0.39, 0.29) is 10.8 Å². The second-order valence-electron chi connectivity index (χ2n) is 12.4. The van der Waals surface area contributed by atoms with Crippen LogP contribution >= 0.6 is 0 Å². The average Bonchev–Trinajstić information content (AvgIpc) is 3.24. The molecule has 6 nitrogen and oxygen atoms in total. The molecule has 1 aliphatic carbocycles. The fourth-order valence-electron chi connectivity index (χ4n) is 6.30. The Balaban J connectivity index is 1.48. The lowest BCUT2D eigenvalue weighted by molar-refractivity contribution is 0.114. The van der Waals surface area contributed by atoms with E-state index in [1.807, 2.05) is 18.3 Å². The Morgan fingerprint density at radius 2 is 1.72 bits per heavy atom. The highest BCUT2D eigenvalue weighted by Gasteiger charge is 2.47. The standard InChI is InChI=1S/C29H42N4O2S/c1-22(2)33-27-17-25-13-16-32(36(34,35)26-11-9-24(10-12-26)28(3,4)5)21-29(25,18-23(27)19-30-33)20-31-14-7-6-8-15-31/h9-12,17,19,22H,6-8,13-16,18,20-21H2,1-5H3/t29-/m0/s1. The van der Waals surface area contributed by atoms with Gasteiger partial charge in [-0.15, -0.1) is 0 Å². The highest BCUT2D eigenvalue weighted by Crippen LogP contribution is 2.46. The molecule has 0 amide bonds. The van der Waals surface area contributed by atoms with Gasteiger partial charge in [0.15, 0.2) is 0 Å². The van der Waals surface area contributed by atoms with Gasteiger partial charge in [0.05, 0.1) is 16.8 Å². The molecule has 0 unspecified atom stereocenters. The predicted molar refractivity (Wildman–Crippen MR) is 146 cm³/mol. The van der Waals surface area contributed by atoms with Crippen LogP contribution in [-0.2, 0) is 21.9 Å². The van der Waals surface area contributed by atoms with Crippen LogP contribution in [0.4, 0.5) is 0 Å². The van der Waals surface area contributed by atoms with Crippen LogP contribution in [0.3, 0.4) is 0 Å². The van der Waals surface area contributed by atoms with E-state index in [1.165, 1.54) is 36.1 Å². The lowest BCUT2D eigenvalue weighted by atomic mass is 9.68. The van der Waals surface area contributed by atoms with E-state index in [9.17, 15) is 8.42 Å². The van der Waals surface area contributed by atoms with Crippen molar-refractivity contribution in [3.8, 4) is 0 Å². The molecule has 7 heteroatoms. The van der Waals surface area contributed by atoms with Crippen molar-refractivity contribution in [2.45, 2.75) is 83.1 Å². The highest BCUT2D eigenvalue weighted by molar-refractivity contribution is 7.89. The smallest absolute Gasteiger partial charge is 0.243 e. The van der Waals surface area contributed by atoms with Gasteiger partial charge in [-0.25, -0.2) is 8.42 Å². The highest BCUT2D eigenvalue weighted by atomic mass is 32.2. The van der Waals surface area contributed by atoms with Gasteiger partial charge in [0.1, 0.15) is 0 Å². The molecule has 0 bridgehead atoms. The third-order valence-corrected chi connectivity index (χ3v) is 10.2. The van der Waals surface area contributed by atoms with Crippen LogP contribution in [0, 0.1) is 5.41 Å². The van der Waals surface area contributed by atoms with Gasteiger partial charge in [0.2, 0.25) is 10.0 Å². The molecule has 2 aromatic rings. The number of rotatable bonds is 5. The minimum atomic E-state index is -3.57. The molecule has 36 heavy (non-hydrogen) atoms. The Labute approximate surface area is 217 Å². The molecule has 0 N–H and O–H groups in total. The summed E-state index contributed by atoms with van der Waals surface area (Å²) < 4.78 is 31.6. The number of fused-ring (bicyclic) bond motifs is 2. The van der Waals surface area contributed by atoms with Crippen molar-refractivity contribution in [2.24, 2.45) is 5.41 Å². The molecule has 0 radical (unpaired) electrons. The number of hydrogen-bond donors (Lipinski definition) is 0. The van der Waals surface area contributed by atoms with Crippen molar-refractivity contribution in [3.63, 3.8) is 0 Å². The summed E-state index contributed by atoms with van der Waals surface area (Å²) in [6.07, 6.45) is 9.74. The molecule has 1 atom stereocenters. The number of hydrogen-bond acceptors (Lipinski definition) is 4. The SMILES string of the molecule is CC(C)n1ncc2c1C=C1CCN(S(=O)(=O)c3ccc(C(C)(C)C)cc3)C[C@@]1(CN1CCCCC1)C2. The van der Waals surface area contributed by atoms with Crippen LogP contribution in [0.1, 0.15) is 83.2 Å². The number of benzene rings is 1. The summed E-state index contributed by atoms with van der Waals surface area (Å²) in [7, 11) is -3.57. The van der Waals surface area contributed by atoms with Gasteiger partial charge in [0.25, 0.3) is 0 Å². The van der Waals surface area contributed by atoms with Crippen molar-refractivity contribution in [1.82, 2.24) is 19.0 Å². The molecule has 2 saturated heterocycles. The van der Waals surface area contributed by atoms with Gasteiger partial charge in [0, 0.05) is 31.1 Å². The van der Waals surface area contributed by atoms with E-state index in [0.717, 1.165) is 38.0 Å². The van der Waals surface area contributed by atoms with Crippen LogP contribution < -0.4 is 0 Å². The summed E-state index contributed by atoms with van der Waals surface area (Å²) in [6.45, 7) is 15.0. The van der Waals surface area contributed by atoms with Gasteiger partial charge < -0.3 is 4.90 Å². The normalized spacial score (nSPS) is 23.9. The van der Waals surface area contributed by atoms with E-state index >= 15 is 0 Å². The Morgan fingerprint density at radius 3 is 2.36 bits per heavy atom.